The zero-order chi connectivity index (χ0) is 14.5. The van der Waals surface area contributed by atoms with E-state index in [-0.39, 0.29) is 5.75 Å². The molecule has 0 fully saturated rings. The lowest BCUT2D eigenvalue weighted by Gasteiger charge is -2.07. The van der Waals surface area contributed by atoms with Crippen LogP contribution in [-0.4, -0.2) is 35.6 Å². The van der Waals surface area contributed by atoms with E-state index in [4.69, 9.17) is 14.8 Å². The van der Waals surface area contributed by atoms with E-state index in [0.29, 0.717) is 22.5 Å². The monoisotopic (exact) mass is 271 g/mol. The van der Waals surface area contributed by atoms with Crippen molar-refractivity contribution in [1.82, 2.24) is 0 Å². The highest BCUT2D eigenvalue weighted by molar-refractivity contribution is 6.58. The lowest BCUT2D eigenvalue weighted by molar-refractivity contribution is 0.413. The average molecular weight is 271 g/mol. The summed E-state index contributed by atoms with van der Waals surface area (Å²) in [6.07, 6.45) is 1.57. The Kier molecular flexibility index (Phi) is 4.39. The minimum Gasteiger partial charge on any atom is -0.508 e. The molecule has 0 atom stereocenters. The predicted molar refractivity (Wildman–Crippen MR) is 78.2 cm³/mol. The second-order valence-electron chi connectivity index (χ2n) is 4.15. The Morgan fingerprint density at radius 1 is 1.10 bits per heavy atom. The fourth-order valence-electron chi connectivity index (χ4n) is 1.70. The summed E-state index contributed by atoms with van der Waals surface area (Å²) in [4.78, 5) is 4.25. The molecule has 0 amide bonds. The van der Waals surface area contributed by atoms with E-state index in [1.807, 2.05) is 0 Å². The number of hydrogen-bond acceptors (Lipinski definition) is 5. The van der Waals surface area contributed by atoms with Gasteiger partial charge in [-0.25, -0.2) is 0 Å². The first-order chi connectivity index (χ1) is 9.60. The predicted octanol–water partition coefficient (Wildman–Crippen LogP) is 0.831. The molecule has 3 N–H and O–H groups in total. The van der Waals surface area contributed by atoms with E-state index in [9.17, 15) is 5.11 Å². The van der Waals surface area contributed by atoms with E-state index < -0.39 is 7.12 Å². The van der Waals surface area contributed by atoms with Crippen molar-refractivity contribution in [3.63, 3.8) is 0 Å². The molecule has 0 aliphatic heterocycles. The molecule has 2 rings (SSSR count). The normalized spacial score (nSPS) is 10.8. The van der Waals surface area contributed by atoms with Crippen molar-refractivity contribution in [2.75, 3.05) is 7.11 Å². The van der Waals surface area contributed by atoms with Crippen LogP contribution in [0, 0.1) is 0 Å². The van der Waals surface area contributed by atoms with Crippen LogP contribution in [0.15, 0.2) is 47.5 Å². The Bertz CT molecular complexity index is 611. The zero-order valence-corrected chi connectivity index (χ0v) is 10.9. The highest BCUT2D eigenvalue weighted by Gasteiger charge is 2.12. The van der Waals surface area contributed by atoms with E-state index in [2.05, 4.69) is 4.99 Å². The Labute approximate surface area is 117 Å². The van der Waals surface area contributed by atoms with Crippen LogP contribution >= 0.6 is 0 Å². The number of aliphatic imine (C=N–C) groups is 1. The van der Waals surface area contributed by atoms with Gasteiger partial charge in [0.05, 0.1) is 12.8 Å². The van der Waals surface area contributed by atoms with Crippen LogP contribution in [0.5, 0.6) is 11.5 Å². The van der Waals surface area contributed by atoms with Crippen molar-refractivity contribution in [3.8, 4) is 11.5 Å². The molecule has 0 saturated heterocycles. The van der Waals surface area contributed by atoms with Gasteiger partial charge in [-0.3, -0.25) is 4.99 Å². The Balaban J connectivity index is 2.31. The number of phenolic OH excluding ortho intramolecular Hbond substituents is 1. The van der Waals surface area contributed by atoms with Gasteiger partial charge in [-0.1, -0.05) is 6.07 Å². The summed E-state index contributed by atoms with van der Waals surface area (Å²) in [6.45, 7) is 0. The van der Waals surface area contributed by atoms with E-state index in [1.165, 1.54) is 19.2 Å². The maximum Gasteiger partial charge on any atom is 0.488 e. The number of ether oxygens (including phenoxy) is 1. The van der Waals surface area contributed by atoms with Crippen molar-refractivity contribution in [2.45, 2.75) is 0 Å². The van der Waals surface area contributed by atoms with Crippen LogP contribution in [0.4, 0.5) is 5.69 Å². The minimum absolute atomic E-state index is 0.173. The smallest absolute Gasteiger partial charge is 0.488 e. The first kappa shape index (κ1) is 14.1. The highest BCUT2D eigenvalue weighted by atomic mass is 16.5. The molecule has 2 aromatic rings. The van der Waals surface area contributed by atoms with Crippen molar-refractivity contribution < 1.29 is 19.9 Å². The van der Waals surface area contributed by atoms with Crippen molar-refractivity contribution in [3.05, 3.63) is 48.0 Å². The van der Waals surface area contributed by atoms with Gasteiger partial charge in [-0.2, -0.15) is 0 Å². The number of nitrogens with zero attached hydrogens (tertiary/aromatic N) is 1. The Morgan fingerprint density at radius 3 is 2.40 bits per heavy atom. The van der Waals surface area contributed by atoms with Gasteiger partial charge in [-0.05, 0) is 41.9 Å². The Morgan fingerprint density at radius 2 is 1.80 bits per heavy atom. The standard InChI is InChI=1S/C14H14BNO4/c1-20-14-7-2-11(15(18)19)8-10(14)9-16-12-3-5-13(17)6-4-12/h2-9,17-19H,1H3. The average Bonchev–Trinajstić information content (AvgIpc) is 2.46. The van der Waals surface area contributed by atoms with E-state index >= 15 is 0 Å². The summed E-state index contributed by atoms with van der Waals surface area (Å²) in [5.41, 5.74) is 1.66. The van der Waals surface area contributed by atoms with Crippen LogP contribution in [0.25, 0.3) is 0 Å². The molecule has 0 aliphatic rings. The molecule has 5 nitrogen and oxygen atoms in total. The summed E-state index contributed by atoms with van der Waals surface area (Å²) in [5, 5.41) is 27.5. The van der Waals surface area contributed by atoms with Gasteiger partial charge in [-0.15, -0.1) is 0 Å². The van der Waals surface area contributed by atoms with Crippen LogP contribution in [-0.2, 0) is 0 Å². The molecule has 6 heteroatoms. The molecule has 2 aromatic carbocycles. The number of benzene rings is 2. The largest absolute Gasteiger partial charge is 0.508 e. The zero-order valence-electron chi connectivity index (χ0n) is 10.9. The van der Waals surface area contributed by atoms with Crippen molar-refractivity contribution >= 4 is 24.5 Å². The maximum atomic E-state index is 9.19. The third kappa shape index (κ3) is 3.37. The van der Waals surface area contributed by atoms with Gasteiger partial charge in [0.1, 0.15) is 11.5 Å². The Hall–Kier alpha value is -2.31. The number of phenols is 1. The fourth-order valence-corrected chi connectivity index (χ4v) is 1.70. The highest BCUT2D eigenvalue weighted by Crippen LogP contribution is 2.19. The number of hydrogen-bond donors (Lipinski definition) is 3. The summed E-state index contributed by atoms with van der Waals surface area (Å²) < 4.78 is 5.19. The third-order valence-corrected chi connectivity index (χ3v) is 2.75. The second kappa shape index (κ2) is 6.23. The molecule has 0 heterocycles. The molecule has 102 valence electrons. The van der Waals surface area contributed by atoms with Gasteiger partial charge in [0.15, 0.2) is 0 Å². The fraction of sp³-hybridized carbons (Fsp3) is 0.0714. The van der Waals surface area contributed by atoms with E-state index in [1.54, 1.807) is 36.5 Å². The van der Waals surface area contributed by atoms with Crippen LogP contribution in [0.2, 0.25) is 0 Å². The number of methoxy groups -OCH3 is 1. The van der Waals surface area contributed by atoms with Gasteiger partial charge in [0.2, 0.25) is 0 Å². The summed E-state index contributed by atoms with van der Waals surface area (Å²) >= 11 is 0. The first-order valence-electron chi connectivity index (χ1n) is 5.97. The van der Waals surface area contributed by atoms with Gasteiger partial charge in [0.25, 0.3) is 0 Å². The maximum absolute atomic E-state index is 9.19. The lowest BCUT2D eigenvalue weighted by atomic mass is 9.79. The summed E-state index contributed by atoms with van der Waals surface area (Å²) in [7, 11) is -0.0100. The minimum atomic E-state index is -1.54. The van der Waals surface area contributed by atoms with Gasteiger partial charge < -0.3 is 19.9 Å². The molecule has 0 unspecified atom stereocenters. The molecule has 0 radical (unpaired) electrons. The van der Waals surface area contributed by atoms with Crippen molar-refractivity contribution in [2.24, 2.45) is 4.99 Å². The van der Waals surface area contributed by atoms with E-state index in [0.717, 1.165) is 0 Å². The number of rotatable bonds is 4. The van der Waals surface area contributed by atoms with Crippen LogP contribution in [0.1, 0.15) is 5.56 Å². The SMILES string of the molecule is COc1ccc(B(O)O)cc1C=Nc1ccc(O)cc1. The molecule has 0 spiro atoms. The molecule has 20 heavy (non-hydrogen) atoms. The molecule has 0 aromatic heterocycles. The number of aromatic hydroxyl groups is 1. The topological polar surface area (TPSA) is 82.3 Å². The lowest BCUT2D eigenvalue weighted by Crippen LogP contribution is -2.30. The summed E-state index contributed by atoms with van der Waals surface area (Å²) in [5.74, 6) is 0.754. The molecular weight excluding hydrogens is 257 g/mol. The van der Waals surface area contributed by atoms with Gasteiger partial charge >= 0.3 is 7.12 Å². The third-order valence-electron chi connectivity index (χ3n) is 2.75. The quantitative estimate of drug-likeness (QED) is 0.568. The molecule has 0 aliphatic carbocycles. The van der Waals surface area contributed by atoms with Gasteiger partial charge in [0, 0.05) is 11.8 Å². The molecular formula is C14H14BNO4. The van der Waals surface area contributed by atoms with Crippen LogP contribution < -0.4 is 10.2 Å². The second-order valence-corrected chi connectivity index (χ2v) is 4.15. The molecule has 0 bridgehead atoms. The molecule has 0 saturated carbocycles. The first-order valence-corrected chi connectivity index (χ1v) is 5.97. The van der Waals surface area contributed by atoms with Crippen LogP contribution in [0.3, 0.4) is 0 Å². The van der Waals surface area contributed by atoms with Crippen molar-refractivity contribution in [1.29, 1.82) is 0 Å². The summed E-state index contributed by atoms with van der Waals surface area (Å²) in [6, 6.07) is 11.2.